The van der Waals surface area contributed by atoms with Crippen LogP contribution >= 0.6 is 0 Å². The topological polar surface area (TPSA) is 106 Å². The van der Waals surface area contributed by atoms with Crippen LogP contribution in [0.25, 0.3) is 0 Å². The normalized spacial score (nSPS) is 11.9. The van der Waals surface area contributed by atoms with Gasteiger partial charge in [-0.3, -0.25) is 14.9 Å². The molecule has 0 radical (unpaired) electrons. The molecule has 0 bridgehead atoms. The van der Waals surface area contributed by atoms with Crippen LogP contribution in [0, 0.1) is 24.0 Å². The summed E-state index contributed by atoms with van der Waals surface area (Å²) < 4.78 is 63.4. The number of amides is 1. The number of halogens is 3. The minimum absolute atomic E-state index is 0.176. The molecule has 0 spiro atoms. The van der Waals surface area contributed by atoms with Crippen molar-refractivity contribution in [3.63, 3.8) is 0 Å². The molecule has 1 amide bonds. The van der Waals surface area contributed by atoms with Gasteiger partial charge in [0.15, 0.2) is 0 Å². The number of alkyl halides is 3. The maximum atomic E-state index is 13.0. The Morgan fingerprint density at radius 1 is 1.14 bits per heavy atom. The molecule has 29 heavy (non-hydrogen) atoms. The Labute approximate surface area is 164 Å². The molecule has 0 heterocycles. The Balaban J connectivity index is 2.26. The van der Waals surface area contributed by atoms with Crippen LogP contribution in [-0.4, -0.2) is 25.1 Å². The van der Waals surface area contributed by atoms with Gasteiger partial charge in [-0.2, -0.15) is 13.2 Å². The molecular formula is C18H17F3N2O5S. The molecule has 0 aliphatic carbocycles. The SMILES string of the molecule is Cc1cc(NC(=O)Cc2ccccc2C(F)(F)F)cc(C)c1S(=O)(=O)C[N+](=O)[O-]. The van der Waals surface area contributed by atoms with Crippen LogP contribution in [0.5, 0.6) is 0 Å². The smallest absolute Gasteiger partial charge is 0.326 e. The molecule has 0 atom stereocenters. The van der Waals surface area contributed by atoms with Crippen molar-refractivity contribution in [2.24, 2.45) is 0 Å². The Bertz CT molecular complexity index is 1040. The number of hydrogen-bond donors (Lipinski definition) is 1. The highest BCUT2D eigenvalue weighted by molar-refractivity contribution is 7.91. The number of nitrogens with one attached hydrogen (secondary N) is 1. The summed E-state index contributed by atoms with van der Waals surface area (Å²) in [7, 11) is -4.17. The van der Waals surface area contributed by atoms with Crippen LogP contribution in [0.2, 0.25) is 0 Å². The standard InChI is InChI=1S/C18H17F3N2O5S/c1-11-7-14(8-12(2)17(11)29(27,28)10-23(25)26)22-16(24)9-13-5-3-4-6-15(13)18(19,20)21/h3-8H,9-10H2,1-2H3,(H,22,24). The second kappa shape index (κ2) is 8.19. The van der Waals surface area contributed by atoms with Crippen LogP contribution < -0.4 is 5.32 Å². The third-order valence-electron chi connectivity index (χ3n) is 4.00. The van der Waals surface area contributed by atoms with E-state index in [1.165, 1.54) is 44.2 Å². The van der Waals surface area contributed by atoms with Crippen molar-refractivity contribution < 1.29 is 31.3 Å². The zero-order valence-electron chi connectivity index (χ0n) is 15.4. The lowest BCUT2D eigenvalue weighted by molar-refractivity contribution is -0.458. The molecule has 0 saturated carbocycles. The van der Waals surface area contributed by atoms with Crippen molar-refractivity contribution in [2.75, 3.05) is 11.2 Å². The van der Waals surface area contributed by atoms with Crippen molar-refractivity contribution in [1.29, 1.82) is 0 Å². The first-order valence-electron chi connectivity index (χ1n) is 8.22. The summed E-state index contributed by atoms with van der Waals surface area (Å²) in [5.41, 5.74) is -0.579. The molecule has 156 valence electrons. The van der Waals surface area contributed by atoms with Crippen LogP contribution in [0.15, 0.2) is 41.3 Å². The van der Waals surface area contributed by atoms with Crippen LogP contribution in [0.1, 0.15) is 22.3 Å². The highest BCUT2D eigenvalue weighted by Gasteiger charge is 2.33. The largest absolute Gasteiger partial charge is 0.416 e. The van der Waals surface area contributed by atoms with Gasteiger partial charge in [-0.25, -0.2) is 8.42 Å². The monoisotopic (exact) mass is 430 g/mol. The lowest BCUT2D eigenvalue weighted by Gasteiger charge is -2.14. The number of anilines is 1. The van der Waals surface area contributed by atoms with E-state index in [-0.39, 0.29) is 27.3 Å². The Kier molecular flexibility index (Phi) is 6.31. The van der Waals surface area contributed by atoms with Crippen molar-refractivity contribution >= 4 is 21.4 Å². The van der Waals surface area contributed by atoms with Gasteiger partial charge < -0.3 is 5.32 Å². The van der Waals surface area contributed by atoms with Crippen LogP contribution in [0.3, 0.4) is 0 Å². The van der Waals surface area contributed by atoms with Gasteiger partial charge in [0.1, 0.15) is 0 Å². The summed E-state index contributed by atoms with van der Waals surface area (Å²) in [6.45, 7) is 2.82. The van der Waals surface area contributed by atoms with E-state index in [9.17, 15) is 36.5 Å². The number of carbonyl (C=O) groups excluding carboxylic acids is 1. The molecule has 0 aliphatic rings. The fourth-order valence-corrected chi connectivity index (χ4v) is 4.55. The highest BCUT2D eigenvalue weighted by atomic mass is 32.2. The molecule has 0 saturated heterocycles. The van der Waals surface area contributed by atoms with E-state index in [1.54, 1.807) is 0 Å². The predicted octanol–water partition coefficient (Wildman–Crippen LogP) is 3.51. The zero-order valence-corrected chi connectivity index (χ0v) is 16.2. The van der Waals surface area contributed by atoms with Crippen LogP contribution in [-0.2, 0) is 27.2 Å². The molecule has 1 N–H and O–H groups in total. The van der Waals surface area contributed by atoms with Crippen molar-refractivity contribution in [2.45, 2.75) is 31.3 Å². The number of benzene rings is 2. The number of nitro groups is 1. The Morgan fingerprint density at radius 2 is 1.69 bits per heavy atom. The second-order valence-electron chi connectivity index (χ2n) is 6.40. The van der Waals surface area contributed by atoms with Gasteiger partial charge in [-0.05, 0) is 48.7 Å². The van der Waals surface area contributed by atoms with E-state index in [4.69, 9.17) is 0 Å². The fourth-order valence-electron chi connectivity index (χ4n) is 3.05. The minimum atomic E-state index is -4.60. The molecule has 11 heteroatoms. The zero-order chi connectivity index (χ0) is 22.0. The summed E-state index contributed by atoms with van der Waals surface area (Å²) in [4.78, 5) is 21.6. The Hall–Kier alpha value is -2.95. The second-order valence-corrected chi connectivity index (χ2v) is 8.29. The van der Waals surface area contributed by atoms with Gasteiger partial charge >= 0.3 is 12.1 Å². The molecule has 7 nitrogen and oxygen atoms in total. The van der Waals surface area contributed by atoms with E-state index in [1.807, 2.05) is 0 Å². The van der Waals surface area contributed by atoms with Gasteiger partial charge in [-0.1, -0.05) is 18.2 Å². The molecule has 2 aromatic rings. The summed E-state index contributed by atoms with van der Waals surface area (Å²) in [6, 6.07) is 7.29. The minimum Gasteiger partial charge on any atom is -0.326 e. The van der Waals surface area contributed by atoms with Crippen LogP contribution in [0.4, 0.5) is 18.9 Å². The summed E-state index contributed by atoms with van der Waals surface area (Å²) in [6.07, 6.45) is -5.13. The maximum absolute atomic E-state index is 13.0. The molecule has 2 rings (SSSR count). The summed E-state index contributed by atoms with van der Waals surface area (Å²) >= 11 is 0. The number of hydrogen-bond acceptors (Lipinski definition) is 5. The predicted molar refractivity (Wildman–Crippen MR) is 98.7 cm³/mol. The highest BCUT2D eigenvalue weighted by Crippen LogP contribution is 2.32. The lowest BCUT2D eigenvalue weighted by Crippen LogP contribution is -2.19. The third-order valence-corrected chi connectivity index (χ3v) is 5.82. The number of rotatable bonds is 6. The number of aryl methyl sites for hydroxylation is 2. The fraction of sp³-hybridized carbons (Fsp3) is 0.278. The van der Waals surface area contributed by atoms with Crippen molar-refractivity contribution in [3.8, 4) is 0 Å². The first-order chi connectivity index (χ1) is 13.3. The quantitative estimate of drug-likeness (QED) is 0.558. The van der Waals surface area contributed by atoms with Gasteiger partial charge in [0.25, 0.3) is 0 Å². The third kappa shape index (κ3) is 5.53. The van der Waals surface area contributed by atoms with E-state index in [0.29, 0.717) is 0 Å². The van der Waals surface area contributed by atoms with Gasteiger partial charge in [0, 0.05) is 10.6 Å². The average molecular weight is 430 g/mol. The van der Waals surface area contributed by atoms with Crippen molar-refractivity contribution in [1.82, 2.24) is 0 Å². The molecule has 0 unspecified atom stereocenters. The Morgan fingerprint density at radius 3 is 2.21 bits per heavy atom. The molecule has 0 aromatic heterocycles. The molecule has 0 aliphatic heterocycles. The number of carbonyl (C=O) groups is 1. The van der Waals surface area contributed by atoms with Gasteiger partial charge in [-0.15, -0.1) is 0 Å². The first-order valence-corrected chi connectivity index (χ1v) is 9.87. The van der Waals surface area contributed by atoms with E-state index >= 15 is 0 Å². The first kappa shape index (κ1) is 22.3. The molecule has 2 aromatic carbocycles. The number of sulfone groups is 1. The van der Waals surface area contributed by atoms with E-state index in [2.05, 4.69) is 5.32 Å². The average Bonchev–Trinajstić information content (AvgIpc) is 2.51. The molecule has 0 fully saturated rings. The summed E-state index contributed by atoms with van der Waals surface area (Å²) in [5, 5.41) is 13.0. The molecular weight excluding hydrogens is 413 g/mol. The maximum Gasteiger partial charge on any atom is 0.416 e. The number of nitrogens with zero attached hydrogens (tertiary/aromatic N) is 1. The van der Waals surface area contributed by atoms with Gasteiger partial charge in [0.2, 0.25) is 15.7 Å². The summed E-state index contributed by atoms with van der Waals surface area (Å²) in [5.74, 6) is -1.99. The van der Waals surface area contributed by atoms with E-state index < -0.39 is 44.7 Å². The van der Waals surface area contributed by atoms with Crippen molar-refractivity contribution in [3.05, 3.63) is 68.8 Å². The lowest BCUT2D eigenvalue weighted by atomic mass is 10.0. The van der Waals surface area contributed by atoms with E-state index in [0.717, 1.165) is 6.07 Å². The van der Waals surface area contributed by atoms with Gasteiger partial charge in [0.05, 0.1) is 16.9 Å².